The number of amides is 1. The number of anilines is 2. The number of likely N-dealkylation sites (tertiary alicyclic amines) is 1. The molecular weight excluding hydrogens is 416 g/mol. The highest BCUT2D eigenvalue weighted by atomic mass is 16.1. The van der Waals surface area contributed by atoms with Crippen molar-refractivity contribution in [2.75, 3.05) is 36.4 Å². The summed E-state index contributed by atoms with van der Waals surface area (Å²) in [6.07, 6.45) is 9.16. The number of nitrogens with one attached hydrogen (secondary N) is 1. The molecule has 2 aliphatic heterocycles. The second kappa shape index (κ2) is 8.94. The van der Waals surface area contributed by atoms with E-state index in [1.165, 1.54) is 19.5 Å². The summed E-state index contributed by atoms with van der Waals surface area (Å²) in [5.41, 5.74) is 4.26. The summed E-state index contributed by atoms with van der Waals surface area (Å²) in [7, 11) is 0. The number of aryl methyl sites for hydroxylation is 1. The molecule has 2 fully saturated rings. The van der Waals surface area contributed by atoms with Gasteiger partial charge in [-0.2, -0.15) is 5.10 Å². The third-order valence-corrected chi connectivity index (χ3v) is 6.97. The molecule has 2 aliphatic rings. The third-order valence-electron chi connectivity index (χ3n) is 6.97. The molecule has 172 valence electrons. The fourth-order valence-corrected chi connectivity index (χ4v) is 4.97. The predicted molar refractivity (Wildman–Crippen MR) is 128 cm³/mol. The van der Waals surface area contributed by atoms with Gasteiger partial charge in [-0.05, 0) is 69.5 Å². The van der Waals surface area contributed by atoms with Crippen LogP contribution in [0.2, 0.25) is 0 Å². The van der Waals surface area contributed by atoms with Crippen molar-refractivity contribution < 1.29 is 9.59 Å². The van der Waals surface area contributed by atoms with Crippen molar-refractivity contribution in [2.24, 2.45) is 0 Å². The minimum absolute atomic E-state index is 0.0493. The first kappa shape index (κ1) is 21.6. The highest BCUT2D eigenvalue weighted by Gasteiger charge is 2.29. The summed E-state index contributed by atoms with van der Waals surface area (Å²) < 4.78 is 1.59. The van der Waals surface area contributed by atoms with E-state index in [1.807, 2.05) is 19.1 Å². The van der Waals surface area contributed by atoms with Gasteiger partial charge in [0.15, 0.2) is 11.4 Å². The average Bonchev–Trinajstić information content (AvgIpc) is 3.22. The molecule has 1 amide bonds. The monoisotopic (exact) mass is 446 g/mol. The number of benzene rings is 1. The summed E-state index contributed by atoms with van der Waals surface area (Å²) in [5, 5.41) is 7.34. The largest absolute Gasteiger partial charge is 0.370 e. The van der Waals surface area contributed by atoms with E-state index < -0.39 is 0 Å². The Balaban J connectivity index is 1.46. The first-order valence-corrected chi connectivity index (χ1v) is 11.8. The van der Waals surface area contributed by atoms with Gasteiger partial charge in [-0.1, -0.05) is 6.92 Å². The van der Waals surface area contributed by atoms with Crippen LogP contribution in [-0.4, -0.2) is 63.4 Å². The van der Waals surface area contributed by atoms with E-state index >= 15 is 0 Å². The summed E-state index contributed by atoms with van der Waals surface area (Å²) in [6.45, 7) is 7.87. The van der Waals surface area contributed by atoms with Crippen LogP contribution in [0.5, 0.6) is 0 Å². The predicted octanol–water partition coefficient (Wildman–Crippen LogP) is 3.42. The van der Waals surface area contributed by atoms with Crippen molar-refractivity contribution in [3.05, 3.63) is 53.5 Å². The molecule has 33 heavy (non-hydrogen) atoms. The van der Waals surface area contributed by atoms with Gasteiger partial charge in [-0.25, -0.2) is 9.50 Å². The molecular formula is C25H30N6O2. The molecule has 0 bridgehead atoms. The summed E-state index contributed by atoms with van der Waals surface area (Å²) >= 11 is 0. The second-order valence-electron chi connectivity index (χ2n) is 8.94. The SMILES string of the molecule is CCc1cc(NC(=O)c2cnn3cccnc23)c(N2CCC(N3CCC3)CC2)cc1C(C)=O. The van der Waals surface area contributed by atoms with E-state index in [0.29, 0.717) is 23.7 Å². The Kier molecular flexibility index (Phi) is 5.85. The number of aromatic nitrogens is 3. The zero-order valence-electron chi connectivity index (χ0n) is 19.3. The molecule has 0 atom stereocenters. The lowest BCUT2D eigenvalue weighted by Gasteiger charge is -2.43. The highest BCUT2D eigenvalue weighted by molar-refractivity contribution is 6.10. The number of piperidine rings is 1. The molecule has 8 nitrogen and oxygen atoms in total. The fraction of sp³-hybridized carbons (Fsp3) is 0.440. The van der Waals surface area contributed by atoms with Crippen molar-refractivity contribution >= 4 is 28.7 Å². The fourth-order valence-electron chi connectivity index (χ4n) is 4.97. The van der Waals surface area contributed by atoms with Crippen molar-refractivity contribution in [3.8, 4) is 0 Å². The molecule has 3 aromatic rings. The number of hydrogen-bond acceptors (Lipinski definition) is 6. The van der Waals surface area contributed by atoms with Crippen LogP contribution >= 0.6 is 0 Å². The Bertz CT molecular complexity index is 1190. The van der Waals surface area contributed by atoms with Gasteiger partial charge in [-0.15, -0.1) is 0 Å². The van der Waals surface area contributed by atoms with Crippen LogP contribution in [0.15, 0.2) is 36.8 Å². The Morgan fingerprint density at radius 1 is 1.12 bits per heavy atom. The van der Waals surface area contributed by atoms with Crippen LogP contribution in [-0.2, 0) is 6.42 Å². The number of ketones is 1. The van der Waals surface area contributed by atoms with Crippen LogP contribution in [0.1, 0.15) is 59.4 Å². The second-order valence-corrected chi connectivity index (χ2v) is 8.94. The van der Waals surface area contributed by atoms with Gasteiger partial charge in [-0.3, -0.25) is 9.59 Å². The minimum atomic E-state index is -0.252. The Hall–Kier alpha value is -3.26. The Labute approximate surface area is 193 Å². The van der Waals surface area contributed by atoms with Gasteiger partial charge < -0.3 is 15.1 Å². The zero-order chi connectivity index (χ0) is 22.9. The van der Waals surface area contributed by atoms with E-state index in [0.717, 1.165) is 48.4 Å². The Morgan fingerprint density at radius 3 is 2.58 bits per heavy atom. The maximum Gasteiger partial charge on any atom is 0.261 e. The number of hydrogen-bond donors (Lipinski definition) is 1. The van der Waals surface area contributed by atoms with Crippen molar-refractivity contribution in [3.63, 3.8) is 0 Å². The molecule has 8 heteroatoms. The summed E-state index contributed by atoms with van der Waals surface area (Å²) in [5.74, 6) is -0.202. The van der Waals surface area contributed by atoms with E-state index in [9.17, 15) is 9.59 Å². The average molecular weight is 447 g/mol. The molecule has 0 aliphatic carbocycles. The summed E-state index contributed by atoms with van der Waals surface area (Å²) in [6, 6.07) is 6.34. The van der Waals surface area contributed by atoms with Crippen LogP contribution in [0, 0.1) is 0 Å². The molecule has 1 aromatic carbocycles. The van der Waals surface area contributed by atoms with Crippen LogP contribution in [0.25, 0.3) is 5.65 Å². The van der Waals surface area contributed by atoms with Crippen molar-refractivity contribution in [2.45, 2.75) is 45.6 Å². The third kappa shape index (κ3) is 4.11. The minimum Gasteiger partial charge on any atom is -0.370 e. The number of Topliss-reactive ketones (excluding diaryl/α,β-unsaturated/α-hetero) is 1. The molecule has 4 heterocycles. The van der Waals surface area contributed by atoms with Crippen LogP contribution < -0.4 is 10.2 Å². The maximum absolute atomic E-state index is 13.2. The lowest BCUT2D eigenvalue weighted by Crippen LogP contribution is -2.50. The zero-order valence-corrected chi connectivity index (χ0v) is 19.3. The normalized spacial score (nSPS) is 17.2. The molecule has 0 saturated carbocycles. The van der Waals surface area contributed by atoms with E-state index in [1.54, 1.807) is 36.1 Å². The number of nitrogens with zero attached hydrogens (tertiary/aromatic N) is 5. The van der Waals surface area contributed by atoms with Crippen molar-refractivity contribution in [1.29, 1.82) is 0 Å². The Morgan fingerprint density at radius 2 is 1.91 bits per heavy atom. The first-order chi connectivity index (χ1) is 16.0. The topological polar surface area (TPSA) is 82.8 Å². The van der Waals surface area contributed by atoms with Gasteiger partial charge in [0.1, 0.15) is 5.56 Å². The molecule has 5 rings (SSSR count). The van der Waals surface area contributed by atoms with E-state index in [2.05, 4.69) is 25.2 Å². The van der Waals surface area contributed by atoms with E-state index in [4.69, 9.17) is 0 Å². The van der Waals surface area contributed by atoms with Gasteiger partial charge in [0.25, 0.3) is 5.91 Å². The summed E-state index contributed by atoms with van der Waals surface area (Å²) in [4.78, 5) is 34.8. The molecule has 0 spiro atoms. The van der Waals surface area contributed by atoms with Gasteiger partial charge >= 0.3 is 0 Å². The molecule has 1 N–H and O–H groups in total. The maximum atomic E-state index is 13.2. The smallest absolute Gasteiger partial charge is 0.261 e. The number of carbonyl (C=O) groups is 2. The first-order valence-electron chi connectivity index (χ1n) is 11.8. The van der Waals surface area contributed by atoms with Crippen LogP contribution in [0.4, 0.5) is 11.4 Å². The quantitative estimate of drug-likeness (QED) is 0.584. The number of carbonyl (C=O) groups excluding carboxylic acids is 2. The molecule has 0 radical (unpaired) electrons. The number of fused-ring (bicyclic) bond motifs is 1. The number of rotatable bonds is 6. The highest BCUT2D eigenvalue weighted by Crippen LogP contribution is 2.34. The molecule has 0 unspecified atom stereocenters. The van der Waals surface area contributed by atoms with Gasteiger partial charge in [0.2, 0.25) is 0 Å². The standard InChI is InChI=1S/C25H30N6O2/c1-3-18-14-22(28-25(33)21-16-27-31-11-4-8-26-24(21)31)23(15-20(18)17(2)32)30-12-6-19(7-13-30)29-9-5-10-29/h4,8,11,14-16,19H,3,5-7,9-10,12-13H2,1-2H3,(H,28,33). The lowest BCUT2D eigenvalue weighted by molar-refractivity contribution is 0.1000. The van der Waals surface area contributed by atoms with E-state index in [-0.39, 0.29) is 11.7 Å². The van der Waals surface area contributed by atoms with Gasteiger partial charge in [0.05, 0.1) is 17.6 Å². The van der Waals surface area contributed by atoms with Gasteiger partial charge in [0, 0.05) is 37.1 Å². The van der Waals surface area contributed by atoms with Crippen LogP contribution in [0.3, 0.4) is 0 Å². The lowest BCUT2D eigenvalue weighted by atomic mass is 9.96. The molecule has 2 aromatic heterocycles. The molecule has 2 saturated heterocycles. The van der Waals surface area contributed by atoms with Crippen molar-refractivity contribution in [1.82, 2.24) is 19.5 Å².